The summed E-state index contributed by atoms with van der Waals surface area (Å²) in [4.78, 5) is 2.36. The van der Waals surface area contributed by atoms with Crippen LogP contribution in [-0.4, -0.2) is 30.1 Å². The number of hydrogen-bond acceptors (Lipinski definition) is 2. The predicted octanol–water partition coefficient (Wildman–Crippen LogP) is 2.44. The van der Waals surface area contributed by atoms with E-state index in [2.05, 4.69) is 4.90 Å². The van der Waals surface area contributed by atoms with Gasteiger partial charge >= 0.3 is 0 Å². The standard InChI is InChI=1S/C9H13FINO/c10-5-8-4-9(7-13-11)2-1-3-12(9)6-8/h5H,1-4,6-7H2/b8-5-. The maximum Gasteiger partial charge on any atom is 0.109 e. The van der Waals surface area contributed by atoms with Crippen LogP contribution in [0.4, 0.5) is 4.39 Å². The summed E-state index contributed by atoms with van der Waals surface area (Å²) in [5.41, 5.74) is 1.05. The fourth-order valence-electron chi connectivity index (χ4n) is 2.55. The van der Waals surface area contributed by atoms with Crippen LogP contribution in [0.15, 0.2) is 11.9 Å². The van der Waals surface area contributed by atoms with Crippen molar-refractivity contribution in [2.24, 2.45) is 0 Å². The zero-order chi connectivity index (χ0) is 9.31. The summed E-state index contributed by atoms with van der Waals surface area (Å²) < 4.78 is 17.6. The molecule has 0 aromatic rings. The molecule has 2 aliphatic heterocycles. The van der Waals surface area contributed by atoms with Gasteiger partial charge in [-0.3, -0.25) is 4.90 Å². The summed E-state index contributed by atoms with van der Waals surface area (Å²) in [6.45, 7) is 2.62. The summed E-state index contributed by atoms with van der Waals surface area (Å²) in [5.74, 6) is 0. The lowest BCUT2D eigenvalue weighted by molar-refractivity contribution is 0.139. The molecule has 0 bridgehead atoms. The lowest BCUT2D eigenvalue weighted by atomic mass is 9.94. The molecule has 2 nitrogen and oxygen atoms in total. The average Bonchev–Trinajstić information content (AvgIpc) is 2.60. The Morgan fingerprint density at radius 3 is 3.23 bits per heavy atom. The Bertz CT molecular complexity index is 234. The van der Waals surface area contributed by atoms with Gasteiger partial charge < -0.3 is 3.07 Å². The van der Waals surface area contributed by atoms with Crippen LogP contribution < -0.4 is 0 Å². The minimum absolute atomic E-state index is 0.124. The number of hydrogen-bond donors (Lipinski definition) is 0. The van der Waals surface area contributed by atoms with Gasteiger partial charge in [-0.25, -0.2) is 4.39 Å². The molecule has 2 heterocycles. The maximum absolute atomic E-state index is 12.4. The van der Waals surface area contributed by atoms with Crippen LogP contribution in [0.1, 0.15) is 19.3 Å². The van der Waals surface area contributed by atoms with Crippen LogP contribution in [-0.2, 0) is 3.07 Å². The highest BCUT2D eigenvalue weighted by molar-refractivity contribution is 14.1. The first kappa shape index (κ1) is 9.86. The average molecular weight is 297 g/mol. The van der Waals surface area contributed by atoms with Crippen molar-refractivity contribution in [3.05, 3.63) is 11.9 Å². The van der Waals surface area contributed by atoms with Gasteiger partial charge in [0, 0.05) is 12.1 Å². The Labute approximate surface area is 91.8 Å². The van der Waals surface area contributed by atoms with E-state index in [9.17, 15) is 4.39 Å². The normalized spacial score (nSPS) is 37.2. The van der Waals surface area contributed by atoms with Crippen molar-refractivity contribution in [2.45, 2.75) is 24.8 Å². The van der Waals surface area contributed by atoms with Gasteiger partial charge in [-0.05, 0) is 31.4 Å². The largest absolute Gasteiger partial charge is 0.314 e. The van der Waals surface area contributed by atoms with Crippen molar-refractivity contribution in [2.75, 3.05) is 19.7 Å². The third-order valence-corrected chi connectivity index (χ3v) is 3.48. The predicted molar refractivity (Wildman–Crippen MR) is 57.3 cm³/mol. The van der Waals surface area contributed by atoms with Crippen molar-refractivity contribution in [1.29, 1.82) is 0 Å². The molecule has 2 rings (SSSR count). The van der Waals surface area contributed by atoms with Crippen LogP contribution >= 0.6 is 23.0 Å². The van der Waals surface area contributed by atoms with E-state index in [0.717, 1.165) is 44.4 Å². The summed E-state index contributed by atoms with van der Waals surface area (Å²) in [6.07, 6.45) is 3.99. The van der Waals surface area contributed by atoms with E-state index in [4.69, 9.17) is 3.07 Å². The van der Waals surface area contributed by atoms with Crippen LogP contribution in [0.3, 0.4) is 0 Å². The molecule has 4 heteroatoms. The van der Waals surface area contributed by atoms with Gasteiger partial charge in [0.25, 0.3) is 0 Å². The minimum Gasteiger partial charge on any atom is -0.314 e. The van der Waals surface area contributed by atoms with E-state index in [1.807, 2.05) is 23.0 Å². The van der Waals surface area contributed by atoms with Crippen LogP contribution in [0.25, 0.3) is 0 Å². The van der Waals surface area contributed by atoms with Crippen LogP contribution in [0.2, 0.25) is 0 Å². The minimum atomic E-state index is 0.124. The van der Waals surface area contributed by atoms with Gasteiger partial charge in [-0.1, -0.05) is 0 Å². The molecule has 0 spiro atoms. The molecule has 1 unspecified atom stereocenters. The molecule has 2 aliphatic rings. The zero-order valence-electron chi connectivity index (χ0n) is 7.43. The van der Waals surface area contributed by atoms with Gasteiger partial charge in [-0.15, -0.1) is 0 Å². The molecule has 2 fully saturated rings. The summed E-state index contributed by atoms with van der Waals surface area (Å²) >= 11 is 1.93. The molecule has 0 saturated carbocycles. The molecule has 1 atom stereocenters. The lowest BCUT2D eigenvalue weighted by Gasteiger charge is -2.29. The molecule has 2 saturated heterocycles. The Balaban J connectivity index is 2.14. The first-order valence-corrected chi connectivity index (χ1v) is 5.45. The van der Waals surface area contributed by atoms with E-state index in [-0.39, 0.29) is 5.54 Å². The molecule has 0 amide bonds. The fourth-order valence-corrected chi connectivity index (χ4v) is 3.13. The molecule has 0 radical (unpaired) electrons. The summed E-state index contributed by atoms with van der Waals surface area (Å²) in [5, 5.41) is 0. The van der Waals surface area contributed by atoms with Gasteiger partial charge in [0.05, 0.1) is 12.9 Å². The number of rotatable bonds is 2. The van der Waals surface area contributed by atoms with Crippen molar-refractivity contribution in [3.8, 4) is 0 Å². The van der Waals surface area contributed by atoms with E-state index >= 15 is 0 Å². The third kappa shape index (κ3) is 1.64. The Kier molecular flexibility index (Phi) is 2.90. The quantitative estimate of drug-likeness (QED) is 0.726. The molecule has 0 aromatic heterocycles. The molecule has 0 N–H and O–H groups in total. The molecule has 0 aromatic carbocycles. The topological polar surface area (TPSA) is 12.5 Å². The number of fused-ring (bicyclic) bond motifs is 1. The Morgan fingerprint density at radius 2 is 2.54 bits per heavy atom. The van der Waals surface area contributed by atoms with Crippen molar-refractivity contribution < 1.29 is 7.46 Å². The van der Waals surface area contributed by atoms with Crippen molar-refractivity contribution in [3.63, 3.8) is 0 Å². The maximum atomic E-state index is 12.4. The van der Waals surface area contributed by atoms with Crippen molar-refractivity contribution in [1.82, 2.24) is 4.90 Å². The fraction of sp³-hybridized carbons (Fsp3) is 0.778. The highest BCUT2D eigenvalue weighted by atomic mass is 127. The van der Waals surface area contributed by atoms with Gasteiger partial charge in [0.15, 0.2) is 0 Å². The van der Waals surface area contributed by atoms with E-state index < -0.39 is 0 Å². The Hall–Kier alpha value is 0.320. The zero-order valence-corrected chi connectivity index (χ0v) is 9.59. The van der Waals surface area contributed by atoms with E-state index in [1.54, 1.807) is 0 Å². The highest BCUT2D eigenvalue weighted by Crippen LogP contribution is 2.41. The second-order valence-electron chi connectivity index (χ2n) is 3.95. The Morgan fingerprint density at radius 1 is 1.69 bits per heavy atom. The summed E-state index contributed by atoms with van der Waals surface area (Å²) in [6, 6.07) is 0. The smallest absolute Gasteiger partial charge is 0.109 e. The third-order valence-electron chi connectivity index (χ3n) is 3.17. The second kappa shape index (κ2) is 3.82. The van der Waals surface area contributed by atoms with Crippen LogP contribution in [0, 0.1) is 0 Å². The van der Waals surface area contributed by atoms with Gasteiger partial charge in [0.2, 0.25) is 0 Å². The van der Waals surface area contributed by atoms with E-state index in [0.29, 0.717) is 0 Å². The molecule has 13 heavy (non-hydrogen) atoms. The first-order valence-electron chi connectivity index (χ1n) is 4.57. The SMILES string of the molecule is F/C=C1\CN2CCCC2(COI)C1. The highest BCUT2D eigenvalue weighted by Gasteiger charge is 2.46. The van der Waals surface area contributed by atoms with Crippen LogP contribution in [0.5, 0.6) is 0 Å². The summed E-state index contributed by atoms with van der Waals surface area (Å²) in [7, 11) is 0. The molecule has 74 valence electrons. The molecular formula is C9H13FINO. The number of halogens is 2. The van der Waals surface area contributed by atoms with E-state index in [1.165, 1.54) is 6.42 Å². The number of nitrogens with zero attached hydrogens (tertiary/aromatic N) is 1. The lowest BCUT2D eigenvalue weighted by Crippen LogP contribution is -2.41. The molecular weight excluding hydrogens is 284 g/mol. The van der Waals surface area contributed by atoms with Gasteiger partial charge in [-0.2, -0.15) is 0 Å². The second-order valence-corrected chi connectivity index (χ2v) is 4.57. The monoisotopic (exact) mass is 297 g/mol. The molecule has 0 aliphatic carbocycles. The van der Waals surface area contributed by atoms with Gasteiger partial charge in [0.1, 0.15) is 23.0 Å². The first-order chi connectivity index (χ1) is 6.30. The van der Waals surface area contributed by atoms with Crippen molar-refractivity contribution >= 4 is 23.0 Å².